The molecule has 21 heavy (non-hydrogen) atoms. The zero-order valence-corrected chi connectivity index (χ0v) is 12.5. The average Bonchev–Trinajstić information content (AvgIpc) is 2.56. The summed E-state index contributed by atoms with van der Waals surface area (Å²) in [4.78, 5) is 4.60. The fourth-order valence-corrected chi connectivity index (χ4v) is 2.89. The first-order valence-electron chi connectivity index (χ1n) is 7.77. The van der Waals surface area contributed by atoms with E-state index in [9.17, 15) is 0 Å². The van der Waals surface area contributed by atoms with Gasteiger partial charge in [0.25, 0.3) is 0 Å². The Bertz CT molecular complexity index is 631. The fourth-order valence-electron chi connectivity index (χ4n) is 2.89. The van der Waals surface area contributed by atoms with E-state index in [-0.39, 0.29) is 6.04 Å². The Labute approximate surface area is 126 Å². The molecule has 1 aliphatic rings. The third-order valence-corrected chi connectivity index (χ3v) is 3.91. The lowest BCUT2D eigenvalue weighted by atomic mass is 9.93. The maximum absolute atomic E-state index is 5.55. The number of aromatic nitrogens is 1. The van der Waals surface area contributed by atoms with E-state index in [1.807, 2.05) is 18.5 Å². The van der Waals surface area contributed by atoms with Gasteiger partial charge in [-0.1, -0.05) is 31.2 Å². The van der Waals surface area contributed by atoms with E-state index in [0.717, 1.165) is 37.9 Å². The number of nitrogens with one attached hydrogen (secondary N) is 1. The lowest BCUT2D eigenvalue weighted by Gasteiger charge is -2.25. The minimum Gasteiger partial charge on any atom is -0.501 e. The van der Waals surface area contributed by atoms with Gasteiger partial charge in [0.05, 0.1) is 24.4 Å². The number of nitrogens with zero attached hydrogens (tertiary/aromatic N) is 1. The Morgan fingerprint density at radius 2 is 2.19 bits per heavy atom. The van der Waals surface area contributed by atoms with E-state index in [1.165, 1.54) is 16.5 Å². The van der Waals surface area contributed by atoms with Crippen LogP contribution in [0.4, 0.5) is 0 Å². The summed E-state index contributed by atoms with van der Waals surface area (Å²) in [7, 11) is 0. The second-order valence-corrected chi connectivity index (χ2v) is 5.48. The molecule has 2 heterocycles. The van der Waals surface area contributed by atoms with Gasteiger partial charge in [-0.25, -0.2) is 0 Å². The molecule has 0 spiro atoms. The summed E-state index contributed by atoms with van der Waals surface area (Å²) in [6.45, 7) is 4.01. The zero-order valence-electron chi connectivity index (χ0n) is 12.5. The van der Waals surface area contributed by atoms with Crippen molar-refractivity contribution < 1.29 is 4.74 Å². The van der Waals surface area contributed by atoms with Crippen LogP contribution < -0.4 is 5.32 Å². The summed E-state index contributed by atoms with van der Waals surface area (Å²) in [5, 5.41) is 4.85. The molecule has 3 rings (SSSR count). The lowest BCUT2D eigenvalue weighted by Crippen LogP contribution is -2.25. The molecule has 1 aliphatic heterocycles. The molecule has 2 aromatic rings. The van der Waals surface area contributed by atoms with Crippen molar-refractivity contribution in [1.82, 2.24) is 10.3 Å². The fraction of sp³-hybridized carbons (Fsp3) is 0.389. The summed E-state index contributed by atoms with van der Waals surface area (Å²) in [6, 6.07) is 10.7. The molecule has 3 nitrogen and oxygen atoms in total. The van der Waals surface area contributed by atoms with E-state index in [1.54, 1.807) is 0 Å². The number of pyridine rings is 1. The Morgan fingerprint density at radius 3 is 3.00 bits per heavy atom. The molecule has 3 heteroatoms. The van der Waals surface area contributed by atoms with Gasteiger partial charge in [-0.05, 0) is 43.0 Å². The quantitative estimate of drug-likeness (QED) is 0.901. The standard InChI is InChI=1S/C18H22N2O/c1-2-10-19-18(15-8-5-12-21-13-15)16-9-3-6-14-7-4-11-20-17(14)16/h3-4,6-7,9,11,13,18-19H,2,5,8,10,12H2,1H3. The van der Waals surface area contributed by atoms with Crippen LogP contribution in [0.5, 0.6) is 0 Å². The molecule has 0 saturated carbocycles. The molecule has 0 radical (unpaired) electrons. The predicted octanol–water partition coefficient (Wildman–Crippen LogP) is 3.97. The molecule has 110 valence electrons. The van der Waals surface area contributed by atoms with Gasteiger partial charge in [0, 0.05) is 11.6 Å². The summed E-state index contributed by atoms with van der Waals surface area (Å²) < 4.78 is 5.55. The van der Waals surface area contributed by atoms with Crippen LogP contribution in [0.15, 0.2) is 48.4 Å². The maximum atomic E-state index is 5.55. The Balaban J connectivity index is 2.03. The van der Waals surface area contributed by atoms with Crippen molar-refractivity contribution in [3.8, 4) is 0 Å². The summed E-state index contributed by atoms with van der Waals surface area (Å²) in [5.41, 5.74) is 3.66. The highest BCUT2D eigenvalue weighted by Crippen LogP contribution is 2.31. The first kappa shape index (κ1) is 14.1. The number of rotatable bonds is 5. The van der Waals surface area contributed by atoms with E-state index >= 15 is 0 Å². The number of benzene rings is 1. The highest BCUT2D eigenvalue weighted by atomic mass is 16.5. The topological polar surface area (TPSA) is 34.1 Å². The van der Waals surface area contributed by atoms with E-state index < -0.39 is 0 Å². The SMILES string of the molecule is CCCNC(C1=COCCC1)c1cccc2cccnc12. The van der Waals surface area contributed by atoms with Gasteiger partial charge in [-0.3, -0.25) is 4.98 Å². The van der Waals surface area contributed by atoms with Gasteiger partial charge in [-0.2, -0.15) is 0 Å². The first-order valence-corrected chi connectivity index (χ1v) is 7.77. The van der Waals surface area contributed by atoms with Crippen molar-refractivity contribution in [2.24, 2.45) is 0 Å². The van der Waals surface area contributed by atoms with Crippen molar-refractivity contribution >= 4 is 10.9 Å². The van der Waals surface area contributed by atoms with Crippen molar-refractivity contribution in [2.75, 3.05) is 13.2 Å². The highest BCUT2D eigenvalue weighted by Gasteiger charge is 2.20. The van der Waals surface area contributed by atoms with Crippen molar-refractivity contribution in [3.63, 3.8) is 0 Å². The van der Waals surface area contributed by atoms with Crippen LogP contribution in [0.2, 0.25) is 0 Å². The minimum absolute atomic E-state index is 0.198. The molecular weight excluding hydrogens is 260 g/mol. The molecule has 0 fully saturated rings. The van der Waals surface area contributed by atoms with Crippen LogP contribution in [0, 0.1) is 0 Å². The summed E-state index contributed by atoms with van der Waals surface area (Å²) in [6.07, 6.45) is 7.11. The Kier molecular flexibility index (Phi) is 4.51. The molecule has 0 bridgehead atoms. The molecule has 0 aliphatic carbocycles. The molecule has 0 amide bonds. The second-order valence-electron chi connectivity index (χ2n) is 5.48. The van der Waals surface area contributed by atoms with Crippen LogP contribution >= 0.6 is 0 Å². The van der Waals surface area contributed by atoms with Gasteiger partial charge in [0.1, 0.15) is 0 Å². The zero-order chi connectivity index (χ0) is 14.5. The minimum atomic E-state index is 0.198. The van der Waals surface area contributed by atoms with Gasteiger partial charge in [0.2, 0.25) is 0 Å². The van der Waals surface area contributed by atoms with E-state index in [0.29, 0.717) is 0 Å². The van der Waals surface area contributed by atoms with Crippen LogP contribution in [-0.2, 0) is 4.74 Å². The smallest absolute Gasteiger partial charge is 0.0876 e. The first-order chi connectivity index (χ1) is 10.4. The maximum Gasteiger partial charge on any atom is 0.0876 e. The van der Waals surface area contributed by atoms with Crippen molar-refractivity contribution in [1.29, 1.82) is 0 Å². The van der Waals surface area contributed by atoms with Crippen molar-refractivity contribution in [2.45, 2.75) is 32.2 Å². The van der Waals surface area contributed by atoms with Crippen LogP contribution in [0.25, 0.3) is 10.9 Å². The number of para-hydroxylation sites is 1. The molecule has 1 aromatic carbocycles. The normalized spacial score (nSPS) is 16.3. The van der Waals surface area contributed by atoms with E-state index in [4.69, 9.17) is 4.74 Å². The second kappa shape index (κ2) is 6.72. The Morgan fingerprint density at radius 1 is 1.29 bits per heavy atom. The molecule has 0 saturated heterocycles. The average molecular weight is 282 g/mol. The largest absolute Gasteiger partial charge is 0.501 e. The van der Waals surface area contributed by atoms with Gasteiger partial charge >= 0.3 is 0 Å². The molecular formula is C18H22N2O. The molecule has 1 aromatic heterocycles. The lowest BCUT2D eigenvalue weighted by molar-refractivity contribution is 0.219. The number of ether oxygens (including phenoxy) is 1. The van der Waals surface area contributed by atoms with Crippen LogP contribution in [-0.4, -0.2) is 18.1 Å². The predicted molar refractivity (Wildman–Crippen MR) is 86.0 cm³/mol. The number of hydrogen-bond donors (Lipinski definition) is 1. The van der Waals surface area contributed by atoms with Gasteiger partial charge in [-0.15, -0.1) is 0 Å². The monoisotopic (exact) mass is 282 g/mol. The third kappa shape index (κ3) is 3.08. The van der Waals surface area contributed by atoms with E-state index in [2.05, 4.69) is 41.5 Å². The van der Waals surface area contributed by atoms with Gasteiger partial charge in [0.15, 0.2) is 0 Å². The van der Waals surface area contributed by atoms with Crippen molar-refractivity contribution in [3.05, 3.63) is 53.9 Å². The third-order valence-electron chi connectivity index (χ3n) is 3.91. The van der Waals surface area contributed by atoms with Gasteiger partial charge < -0.3 is 10.1 Å². The number of fused-ring (bicyclic) bond motifs is 1. The number of hydrogen-bond acceptors (Lipinski definition) is 3. The summed E-state index contributed by atoms with van der Waals surface area (Å²) >= 11 is 0. The highest BCUT2D eigenvalue weighted by molar-refractivity contribution is 5.82. The summed E-state index contributed by atoms with van der Waals surface area (Å²) in [5.74, 6) is 0. The Hall–Kier alpha value is -1.87. The van der Waals surface area contributed by atoms with Crippen LogP contribution in [0.3, 0.4) is 0 Å². The van der Waals surface area contributed by atoms with Crippen LogP contribution in [0.1, 0.15) is 37.8 Å². The molecule has 1 atom stereocenters. The molecule has 1 N–H and O–H groups in total. The molecule has 1 unspecified atom stereocenters.